The highest BCUT2D eigenvalue weighted by Gasteiger charge is 2.19. The van der Waals surface area contributed by atoms with Gasteiger partial charge in [0.2, 0.25) is 0 Å². The van der Waals surface area contributed by atoms with Crippen molar-refractivity contribution >= 4 is 65.7 Å². The second kappa shape index (κ2) is 9.68. The molecule has 4 nitrogen and oxygen atoms in total. The van der Waals surface area contributed by atoms with E-state index in [-0.39, 0.29) is 0 Å². The first-order valence-corrected chi connectivity index (χ1v) is 15.7. The van der Waals surface area contributed by atoms with Crippen LogP contribution in [0.1, 0.15) is 11.1 Å². The Hall–Kier alpha value is -6.13. The van der Waals surface area contributed by atoms with Gasteiger partial charge >= 0.3 is 0 Å². The molecular formula is C42H27N3O. The lowest BCUT2D eigenvalue weighted by molar-refractivity contribution is 0.665. The van der Waals surface area contributed by atoms with E-state index in [4.69, 9.17) is 9.40 Å². The fourth-order valence-corrected chi connectivity index (χ4v) is 7.44. The van der Waals surface area contributed by atoms with E-state index in [0.29, 0.717) is 0 Å². The lowest BCUT2D eigenvalue weighted by Gasteiger charge is -2.14. The normalized spacial score (nSPS) is 12.0. The number of pyridine rings is 1. The van der Waals surface area contributed by atoms with Gasteiger partial charge in [-0.2, -0.15) is 0 Å². The molecule has 0 radical (unpaired) electrons. The van der Waals surface area contributed by atoms with Gasteiger partial charge in [0.15, 0.2) is 5.58 Å². The number of benzene rings is 6. The second-order valence-electron chi connectivity index (χ2n) is 12.0. The molecule has 46 heavy (non-hydrogen) atoms. The van der Waals surface area contributed by atoms with Gasteiger partial charge in [-0.15, -0.1) is 0 Å². The fraction of sp³-hybridized carbons (Fsp3) is 0.0238. The molecule has 4 heteroatoms. The highest BCUT2D eigenvalue weighted by atomic mass is 16.3. The summed E-state index contributed by atoms with van der Waals surface area (Å²) in [5.41, 5.74) is 11.9. The van der Waals surface area contributed by atoms with Gasteiger partial charge in [-0.05, 0) is 66.1 Å². The second-order valence-corrected chi connectivity index (χ2v) is 12.0. The molecule has 0 amide bonds. The van der Waals surface area contributed by atoms with E-state index in [9.17, 15) is 0 Å². The first-order valence-electron chi connectivity index (χ1n) is 15.7. The Bertz CT molecular complexity index is 2690. The molecule has 0 saturated carbocycles. The molecule has 0 aliphatic carbocycles. The minimum absolute atomic E-state index is 0.784. The highest BCUT2D eigenvalue weighted by Crippen LogP contribution is 2.38. The third-order valence-corrected chi connectivity index (χ3v) is 9.42. The van der Waals surface area contributed by atoms with Gasteiger partial charge in [0.05, 0.1) is 27.8 Å². The van der Waals surface area contributed by atoms with Crippen LogP contribution in [-0.2, 0) is 6.42 Å². The van der Waals surface area contributed by atoms with Crippen LogP contribution in [0.3, 0.4) is 0 Å². The summed E-state index contributed by atoms with van der Waals surface area (Å²) in [4.78, 5) is 4.86. The third kappa shape index (κ3) is 3.58. The van der Waals surface area contributed by atoms with Gasteiger partial charge in [0.25, 0.3) is 0 Å². The van der Waals surface area contributed by atoms with Crippen molar-refractivity contribution in [3.8, 4) is 11.4 Å². The van der Waals surface area contributed by atoms with Crippen LogP contribution < -0.4 is 0 Å². The summed E-state index contributed by atoms with van der Waals surface area (Å²) >= 11 is 0. The molecule has 4 heterocycles. The summed E-state index contributed by atoms with van der Waals surface area (Å²) in [6, 6.07) is 51.8. The average Bonchev–Trinajstić information content (AvgIpc) is 3.76. The zero-order valence-corrected chi connectivity index (χ0v) is 24.9. The topological polar surface area (TPSA) is 35.9 Å². The molecule has 0 N–H and O–H groups in total. The predicted octanol–water partition coefficient (Wildman–Crippen LogP) is 10.8. The van der Waals surface area contributed by atoms with Crippen molar-refractivity contribution in [3.63, 3.8) is 0 Å². The molecular weight excluding hydrogens is 562 g/mol. The van der Waals surface area contributed by atoms with Gasteiger partial charge in [-0.25, -0.2) is 0 Å². The Balaban J connectivity index is 1.13. The molecule has 0 spiro atoms. The van der Waals surface area contributed by atoms with Crippen molar-refractivity contribution in [2.24, 2.45) is 0 Å². The van der Waals surface area contributed by atoms with Crippen molar-refractivity contribution < 1.29 is 4.42 Å². The summed E-state index contributed by atoms with van der Waals surface area (Å²) in [6.07, 6.45) is 2.69. The van der Waals surface area contributed by atoms with Gasteiger partial charge < -0.3 is 13.6 Å². The van der Waals surface area contributed by atoms with Gasteiger partial charge in [-0.3, -0.25) is 4.98 Å². The summed E-state index contributed by atoms with van der Waals surface area (Å²) in [6.45, 7) is 0. The summed E-state index contributed by atoms with van der Waals surface area (Å²) < 4.78 is 11.3. The van der Waals surface area contributed by atoms with Crippen LogP contribution in [-0.4, -0.2) is 14.1 Å². The summed E-state index contributed by atoms with van der Waals surface area (Å²) in [7, 11) is 0. The van der Waals surface area contributed by atoms with Crippen molar-refractivity contribution in [2.75, 3.05) is 0 Å². The molecule has 4 aromatic heterocycles. The molecule has 10 aromatic rings. The molecule has 0 aliphatic heterocycles. The van der Waals surface area contributed by atoms with Crippen LogP contribution in [0.2, 0.25) is 0 Å². The summed E-state index contributed by atoms with van der Waals surface area (Å²) in [5.74, 6) is 0. The first kappa shape index (κ1) is 25.2. The lowest BCUT2D eigenvalue weighted by Crippen LogP contribution is -2.00. The Morgan fingerprint density at radius 2 is 1.00 bits per heavy atom. The minimum Gasteiger partial charge on any atom is -0.452 e. The Labute approximate surface area is 264 Å². The highest BCUT2D eigenvalue weighted by molar-refractivity contribution is 6.12. The molecule has 6 aromatic carbocycles. The number of furan rings is 1. The van der Waals surface area contributed by atoms with Crippen LogP contribution in [0.25, 0.3) is 77.1 Å². The first-order chi connectivity index (χ1) is 22.8. The maximum absolute atomic E-state index is 6.60. The van der Waals surface area contributed by atoms with E-state index in [1.54, 1.807) is 0 Å². The number of para-hydroxylation sites is 5. The largest absolute Gasteiger partial charge is 0.452 e. The quantitative estimate of drug-likeness (QED) is 0.205. The molecule has 0 fully saturated rings. The monoisotopic (exact) mass is 589 g/mol. The molecule has 216 valence electrons. The van der Waals surface area contributed by atoms with Crippen LogP contribution >= 0.6 is 0 Å². The maximum atomic E-state index is 6.60. The van der Waals surface area contributed by atoms with Crippen molar-refractivity contribution in [3.05, 3.63) is 163 Å². The van der Waals surface area contributed by atoms with Crippen LogP contribution in [0, 0.1) is 0 Å². The van der Waals surface area contributed by atoms with Crippen molar-refractivity contribution in [1.29, 1.82) is 0 Å². The summed E-state index contributed by atoms with van der Waals surface area (Å²) in [5, 5.41) is 6.02. The number of fused-ring (bicyclic) bond motifs is 9. The Morgan fingerprint density at radius 3 is 1.61 bits per heavy atom. The van der Waals surface area contributed by atoms with E-state index < -0.39 is 0 Å². The number of aromatic nitrogens is 3. The van der Waals surface area contributed by atoms with E-state index in [1.807, 2.05) is 6.20 Å². The van der Waals surface area contributed by atoms with E-state index >= 15 is 0 Å². The molecule has 0 unspecified atom stereocenters. The number of nitrogens with zero attached hydrogens (tertiary/aromatic N) is 3. The molecule has 0 atom stereocenters. The smallest absolute Gasteiger partial charge is 0.177 e. The van der Waals surface area contributed by atoms with E-state index in [0.717, 1.165) is 45.2 Å². The minimum atomic E-state index is 0.784. The maximum Gasteiger partial charge on any atom is 0.177 e. The fourth-order valence-electron chi connectivity index (χ4n) is 7.44. The van der Waals surface area contributed by atoms with Gasteiger partial charge in [0.1, 0.15) is 11.1 Å². The lowest BCUT2D eigenvalue weighted by atomic mass is 10.0. The van der Waals surface area contributed by atoms with Gasteiger partial charge in [-0.1, -0.05) is 97.1 Å². The number of rotatable bonds is 4. The Morgan fingerprint density at radius 1 is 0.478 bits per heavy atom. The van der Waals surface area contributed by atoms with Crippen molar-refractivity contribution in [2.45, 2.75) is 6.42 Å². The predicted molar refractivity (Wildman–Crippen MR) is 189 cm³/mol. The average molecular weight is 590 g/mol. The zero-order chi connectivity index (χ0) is 30.2. The van der Waals surface area contributed by atoms with Gasteiger partial charge in [0, 0.05) is 38.8 Å². The number of hydrogen-bond acceptors (Lipinski definition) is 2. The van der Waals surface area contributed by atoms with E-state index in [1.165, 1.54) is 49.4 Å². The van der Waals surface area contributed by atoms with Crippen LogP contribution in [0.5, 0.6) is 0 Å². The zero-order valence-electron chi connectivity index (χ0n) is 24.9. The molecule has 0 bridgehead atoms. The molecule has 10 rings (SSSR count). The Kier molecular flexibility index (Phi) is 5.31. The van der Waals surface area contributed by atoms with E-state index in [2.05, 4.69) is 155 Å². The molecule has 0 saturated heterocycles. The molecule has 0 aliphatic rings. The van der Waals surface area contributed by atoms with Crippen molar-refractivity contribution in [1.82, 2.24) is 14.1 Å². The third-order valence-electron chi connectivity index (χ3n) is 9.42. The number of hydrogen-bond donors (Lipinski definition) is 0. The standard InChI is InChI=1S/C42H27N3O/c1-6-16-34(44-35-17-7-2-12-29(35)30-13-3-8-18-36(30)44)28(11-1)25-27-21-22-40-33(26-27)41-42(46-40)39(23-24-43-41)45-37-19-9-4-14-31(37)32-15-5-10-20-38(32)45/h1-24,26H,25H2. The SMILES string of the molecule is c1ccc(-n2c3ccccc3c3ccccc32)c(Cc2ccc3oc4c(-n5c6ccccc6c6ccccc65)ccnc4c3c2)c1. The van der Waals surface area contributed by atoms with Crippen LogP contribution in [0.15, 0.2) is 156 Å². The van der Waals surface area contributed by atoms with Crippen LogP contribution in [0.4, 0.5) is 0 Å².